The SMILES string of the molecule is CCCN(Cc1ccccc1)C(=O)/C(C)=C/C(C(C)C)N(C)C(=O)CNC=O. The van der Waals surface area contributed by atoms with Crippen LogP contribution in [0.3, 0.4) is 0 Å². The van der Waals surface area contributed by atoms with Crippen molar-refractivity contribution in [3.63, 3.8) is 0 Å². The van der Waals surface area contributed by atoms with E-state index in [4.69, 9.17) is 0 Å². The summed E-state index contributed by atoms with van der Waals surface area (Å²) in [4.78, 5) is 39.2. The van der Waals surface area contributed by atoms with E-state index in [1.807, 2.05) is 62.1 Å². The maximum absolute atomic E-state index is 13.1. The van der Waals surface area contributed by atoms with Crippen LogP contribution in [-0.2, 0) is 20.9 Å². The molecule has 0 fully saturated rings. The molecule has 1 rings (SSSR count). The second-order valence-electron chi connectivity index (χ2n) is 7.30. The van der Waals surface area contributed by atoms with Crippen molar-refractivity contribution >= 4 is 18.2 Å². The van der Waals surface area contributed by atoms with E-state index in [1.54, 1.807) is 18.9 Å². The minimum atomic E-state index is -0.231. The van der Waals surface area contributed by atoms with E-state index < -0.39 is 0 Å². The van der Waals surface area contributed by atoms with Gasteiger partial charge >= 0.3 is 0 Å². The van der Waals surface area contributed by atoms with Gasteiger partial charge in [0.15, 0.2) is 0 Å². The van der Waals surface area contributed by atoms with E-state index in [2.05, 4.69) is 5.32 Å². The Morgan fingerprint density at radius 2 is 1.82 bits per heavy atom. The fraction of sp³-hybridized carbons (Fsp3) is 0.500. The van der Waals surface area contributed by atoms with Crippen LogP contribution >= 0.6 is 0 Å². The fourth-order valence-corrected chi connectivity index (χ4v) is 3.07. The lowest BCUT2D eigenvalue weighted by molar-refractivity contribution is -0.132. The molecule has 0 bridgehead atoms. The summed E-state index contributed by atoms with van der Waals surface area (Å²) in [6.07, 6.45) is 3.24. The van der Waals surface area contributed by atoms with Crippen LogP contribution in [0.25, 0.3) is 0 Å². The number of likely N-dealkylation sites (N-methyl/N-ethyl adjacent to an activating group) is 1. The molecule has 0 aliphatic heterocycles. The summed E-state index contributed by atoms with van der Waals surface area (Å²) in [7, 11) is 1.70. The van der Waals surface area contributed by atoms with E-state index in [0.29, 0.717) is 25.1 Å². The first-order valence-corrected chi connectivity index (χ1v) is 9.76. The Labute approximate surface area is 168 Å². The third-order valence-corrected chi connectivity index (χ3v) is 4.62. The molecule has 6 heteroatoms. The summed E-state index contributed by atoms with van der Waals surface area (Å²) in [6, 6.07) is 9.69. The minimum absolute atomic E-state index is 0.0248. The van der Waals surface area contributed by atoms with Crippen LogP contribution in [0.15, 0.2) is 42.0 Å². The largest absolute Gasteiger partial charge is 0.350 e. The molecule has 154 valence electrons. The minimum Gasteiger partial charge on any atom is -0.350 e. The molecule has 6 nitrogen and oxygen atoms in total. The van der Waals surface area contributed by atoms with Gasteiger partial charge in [0.1, 0.15) is 0 Å². The summed E-state index contributed by atoms with van der Waals surface area (Å²) in [6.45, 7) is 9.03. The zero-order chi connectivity index (χ0) is 21.1. The van der Waals surface area contributed by atoms with Gasteiger partial charge < -0.3 is 15.1 Å². The van der Waals surface area contributed by atoms with Gasteiger partial charge in [-0.15, -0.1) is 0 Å². The van der Waals surface area contributed by atoms with Crippen molar-refractivity contribution in [3.8, 4) is 0 Å². The van der Waals surface area contributed by atoms with Crippen molar-refractivity contribution in [2.24, 2.45) is 5.92 Å². The molecular formula is C22H33N3O3. The van der Waals surface area contributed by atoms with E-state index in [1.165, 1.54) is 0 Å². The van der Waals surface area contributed by atoms with Gasteiger partial charge in [-0.05, 0) is 24.8 Å². The first kappa shape index (κ1) is 23.4. The topological polar surface area (TPSA) is 69.7 Å². The number of amides is 3. The number of carbonyl (C=O) groups excluding carboxylic acids is 3. The highest BCUT2D eigenvalue weighted by atomic mass is 16.2. The first-order valence-electron chi connectivity index (χ1n) is 9.76. The molecule has 0 heterocycles. The quantitative estimate of drug-likeness (QED) is 0.469. The van der Waals surface area contributed by atoms with Crippen molar-refractivity contribution in [3.05, 3.63) is 47.5 Å². The van der Waals surface area contributed by atoms with Gasteiger partial charge in [0.05, 0.1) is 12.6 Å². The van der Waals surface area contributed by atoms with Crippen molar-refractivity contribution in [1.82, 2.24) is 15.1 Å². The van der Waals surface area contributed by atoms with Gasteiger partial charge in [-0.25, -0.2) is 0 Å². The van der Waals surface area contributed by atoms with Crippen LogP contribution in [0.4, 0.5) is 0 Å². The molecule has 1 unspecified atom stereocenters. The first-order chi connectivity index (χ1) is 13.3. The Kier molecular flexibility index (Phi) is 9.99. The molecule has 0 aliphatic carbocycles. The highest BCUT2D eigenvalue weighted by Gasteiger charge is 2.23. The Balaban J connectivity index is 2.98. The molecule has 28 heavy (non-hydrogen) atoms. The monoisotopic (exact) mass is 387 g/mol. The average Bonchev–Trinajstić information content (AvgIpc) is 2.69. The molecule has 0 saturated heterocycles. The normalized spacial score (nSPS) is 12.4. The zero-order valence-corrected chi connectivity index (χ0v) is 17.6. The van der Waals surface area contributed by atoms with Gasteiger partial charge in [-0.3, -0.25) is 14.4 Å². The van der Waals surface area contributed by atoms with E-state index in [0.717, 1.165) is 12.0 Å². The summed E-state index contributed by atoms with van der Waals surface area (Å²) in [5, 5.41) is 2.39. The van der Waals surface area contributed by atoms with Gasteiger partial charge in [0.25, 0.3) is 0 Å². The molecule has 0 aromatic heterocycles. The molecule has 1 N–H and O–H groups in total. The predicted octanol–water partition coefficient (Wildman–Crippen LogP) is 2.60. The molecule has 0 saturated carbocycles. The van der Waals surface area contributed by atoms with Crippen LogP contribution in [0, 0.1) is 5.92 Å². The Morgan fingerprint density at radius 3 is 2.36 bits per heavy atom. The maximum atomic E-state index is 13.1. The van der Waals surface area contributed by atoms with Gasteiger partial charge in [-0.1, -0.05) is 57.2 Å². The fourth-order valence-electron chi connectivity index (χ4n) is 3.07. The van der Waals surface area contributed by atoms with Crippen molar-refractivity contribution in [2.75, 3.05) is 20.1 Å². The lowest BCUT2D eigenvalue weighted by atomic mass is 9.99. The van der Waals surface area contributed by atoms with Crippen LogP contribution in [0.1, 0.15) is 39.7 Å². The Hall–Kier alpha value is -2.63. The number of hydrogen-bond acceptors (Lipinski definition) is 3. The van der Waals surface area contributed by atoms with E-state index >= 15 is 0 Å². The third-order valence-electron chi connectivity index (χ3n) is 4.62. The molecule has 0 spiro atoms. The predicted molar refractivity (Wildman–Crippen MR) is 111 cm³/mol. The zero-order valence-electron chi connectivity index (χ0n) is 17.6. The highest BCUT2D eigenvalue weighted by molar-refractivity contribution is 5.93. The number of nitrogens with zero attached hydrogens (tertiary/aromatic N) is 2. The lowest BCUT2D eigenvalue weighted by Crippen LogP contribution is -2.44. The van der Waals surface area contributed by atoms with Gasteiger partial charge in [0.2, 0.25) is 18.2 Å². The molecule has 1 aromatic rings. The molecule has 0 radical (unpaired) electrons. The molecule has 3 amide bonds. The highest BCUT2D eigenvalue weighted by Crippen LogP contribution is 2.16. The summed E-state index contributed by atoms with van der Waals surface area (Å²) in [5.74, 6) is -0.0955. The Bertz CT molecular complexity index is 671. The standard InChI is InChI=1S/C22H33N3O3/c1-6-12-25(15-19-10-8-7-9-11-19)22(28)18(4)13-20(17(2)3)24(5)21(27)14-23-16-26/h7-11,13,16-17,20H,6,12,14-15H2,1-5H3,(H,23,26)/b18-13+. The second kappa shape index (κ2) is 12.0. The third kappa shape index (κ3) is 7.18. The van der Waals surface area contributed by atoms with Crippen LogP contribution in [-0.4, -0.2) is 54.2 Å². The van der Waals surface area contributed by atoms with Gasteiger partial charge in [0, 0.05) is 25.7 Å². The Morgan fingerprint density at radius 1 is 1.18 bits per heavy atom. The maximum Gasteiger partial charge on any atom is 0.249 e. The van der Waals surface area contributed by atoms with Crippen molar-refractivity contribution < 1.29 is 14.4 Å². The van der Waals surface area contributed by atoms with E-state index in [9.17, 15) is 14.4 Å². The molecular weight excluding hydrogens is 354 g/mol. The van der Waals surface area contributed by atoms with Crippen LogP contribution < -0.4 is 5.32 Å². The van der Waals surface area contributed by atoms with Crippen molar-refractivity contribution in [2.45, 2.75) is 46.7 Å². The second-order valence-corrected chi connectivity index (χ2v) is 7.30. The number of hydrogen-bond donors (Lipinski definition) is 1. The lowest BCUT2D eigenvalue weighted by Gasteiger charge is -2.30. The average molecular weight is 388 g/mol. The molecule has 1 aromatic carbocycles. The molecule has 0 aliphatic rings. The van der Waals surface area contributed by atoms with Crippen molar-refractivity contribution in [1.29, 1.82) is 0 Å². The summed E-state index contributed by atoms with van der Waals surface area (Å²) >= 11 is 0. The van der Waals surface area contributed by atoms with Gasteiger partial charge in [-0.2, -0.15) is 0 Å². The number of nitrogens with one attached hydrogen (secondary N) is 1. The number of benzene rings is 1. The van der Waals surface area contributed by atoms with Crippen LogP contribution in [0.2, 0.25) is 0 Å². The number of rotatable bonds is 11. The summed E-state index contributed by atoms with van der Waals surface area (Å²) in [5.41, 5.74) is 1.70. The van der Waals surface area contributed by atoms with E-state index in [-0.39, 0.29) is 30.3 Å². The van der Waals surface area contributed by atoms with Crippen LogP contribution in [0.5, 0.6) is 0 Å². The number of carbonyl (C=O) groups is 3. The molecule has 1 atom stereocenters. The smallest absolute Gasteiger partial charge is 0.249 e. The summed E-state index contributed by atoms with van der Waals surface area (Å²) < 4.78 is 0.